The number of nitrogens with two attached hydrogens (primary N) is 1. The average Bonchev–Trinajstić information content (AvgIpc) is 2.52. The van der Waals surface area contributed by atoms with Crippen LogP contribution >= 0.6 is 0 Å². The monoisotopic (exact) mass is 367 g/mol. The van der Waals surface area contributed by atoms with Gasteiger partial charge in [-0.3, -0.25) is 4.79 Å². The molecule has 0 unspecified atom stereocenters. The molecule has 0 heterocycles. The van der Waals surface area contributed by atoms with Crippen molar-refractivity contribution >= 4 is 15.9 Å². The molecule has 1 fully saturated rings. The van der Waals surface area contributed by atoms with Gasteiger partial charge in [-0.25, -0.2) is 13.1 Å². The highest BCUT2D eigenvalue weighted by atomic mass is 32.2. The molecule has 1 aliphatic carbocycles. The number of rotatable bonds is 7. The van der Waals surface area contributed by atoms with Gasteiger partial charge >= 0.3 is 0 Å². The third kappa shape index (κ3) is 5.80. The van der Waals surface area contributed by atoms with Crippen molar-refractivity contribution < 1.29 is 13.2 Å². The van der Waals surface area contributed by atoms with E-state index in [-0.39, 0.29) is 24.2 Å². The quantitative estimate of drug-likeness (QED) is 0.684. The van der Waals surface area contributed by atoms with Crippen LogP contribution in [0.4, 0.5) is 0 Å². The number of sulfonamides is 1. The first kappa shape index (κ1) is 19.9. The normalized spacial score (nSPS) is 17.4. The smallest absolute Gasteiger partial charge is 0.240 e. The van der Waals surface area contributed by atoms with Gasteiger partial charge in [-0.2, -0.15) is 0 Å². The minimum Gasteiger partial charge on any atom is -0.350 e. The van der Waals surface area contributed by atoms with E-state index < -0.39 is 15.6 Å². The molecule has 0 radical (unpaired) electrons. The van der Waals surface area contributed by atoms with E-state index in [1.54, 1.807) is 26.0 Å². The minimum atomic E-state index is -3.41. The van der Waals surface area contributed by atoms with Crippen LogP contribution in [0.5, 0.6) is 0 Å². The zero-order valence-electron chi connectivity index (χ0n) is 15.0. The Balaban J connectivity index is 2.04. The number of amides is 1. The van der Waals surface area contributed by atoms with Crippen LogP contribution in [0.2, 0.25) is 0 Å². The summed E-state index contributed by atoms with van der Waals surface area (Å²) in [5.41, 5.74) is 6.93. The van der Waals surface area contributed by atoms with Crippen molar-refractivity contribution in [1.29, 1.82) is 0 Å². The molecule has 1 aromatic carbocycles. The predicted molar refractivity (Wildman–Crippen MR) is 99.2 cm³/mol. The Labute approximate surface area is 150 Å². The second-order valence-corrected chi connectivity index (χ2v) is 8.95. The van der Waals surface area contributed by atoms with E-state index >= 15 is 0 Å². The summed E-state index contributed by atoms with van der Waals surface area (Å²) < 4.78 is 26.9. The van der Waals surface area contributed by atoms with E-state index in [1.807, 2.05) is 12.1 Å². The lowest BCUT2D eigenvalue weighted by molar-refractivity contribution is -0.127. The van der Waals surface area contributed by atoms with Crippen LogP contribution in [-0.2, 0) is 27.1 Å². The summed E-state index contributed by atoms with van der Waals surface area (Å²) in [6.45, 7) is 3.86. The highest BCUT2D eigenvalue weighted by Crippen LogP contribution is 2.26. The molecule has 0 saturated heterocycles. The molecule has 0 aliphatic heterocycles. The number of carbonyl (C=O) groups is 1. The first-order chi connectivity index (χ1) is 11.7. The van der Waals surface area contributed by atoms with Crippen molar-refractivity contribution in [3.8, 4) is 0 Å². The second-order valence-electron chi connectivity index (χ2n) is 7.20. The zero-order chi connectivity index (χ0) is 18.5. The van der Waals surface area contributed by atoms with E-state index in [2.05, 4.69) is 10.0 Å². The fraction of sp³-hybridized carbons (Fsp3) is 0.611. The molecule has 1 saturated carbocycles. The van der Waals surface area contributed by atoms with Gasteiger partial charge in [0.05, 0.1) is 11.3 Å². The third-order valence-corrected chi connectivity index (χ3v) is 6.04. The number of benzene rings is 1. The Morgan fingerprint density at radius 3 is 2.36 bits per heavy atom. The SMILES string of the molecule is CC(C)NS(=O)(=O)Cc1ccccc1CNC(=O)C1(N)CCCCC1. The summed E-state index contributed by atoms with van der Waals surface area (Å²) in [6.07, 6.45) is 4.47. The number of nitrogens with one attached hydrogen (secondary N) is 2. The average molecular weight is 368 g/mol. The van der Waals surface area contributed by atoms with Crippen molar-refractivity contribution in [1.82, 2.24) is 10.0 Å². The predicted octanol–water partition coefficient (Wildman–Crippen LogP) is 1.79. The van der Waals surface area contributed by atoms with E-state index in [9.17, 15) is 13.2 Å². The molecule has 1 amide bonds. The molecule has 140 valence electrons. The summed E-state index contributed by atoms with van der Waals surface area (Å²) in [7, 11) is -3.41. The molecule has 1 aromatic rings. The van der Waals surface area contributed by atoms with Crippen molar-refractivity contribution in [2.45, 2.75) is 69.8 Å². The maximum Gasteiger partial charge on any atom is 0.240 e. The Hall–Kier alpha value is -1.44. The maximum atomic E-state index is 12.5. The van der Waals surface area contributed by atoms with Gasteiger partial charge in [0.1, 0.15) is 0 Å². The van der Waals surface area contributed by atoms with Gasteiger partial charge in [-0.15, -0.1) is 0 Å². The lowest BCUT2D eigenvalue weighted by Crippen LogP contribution is -2.54. The van der Waals surface area contributed by atoms with E-state index in [0.29, 0.717) is 18.4 Å². The lowest BCUT2D eigenvalue weighted by atomic mass is 9.82. The van der Waals surface area contributed by atoms with Gasteiger partial charge in [-0.05, 0) is 37.8 Å². The summed E-state index contributed by atoms with van der Waals surface area (Å²) >= 11 is 0. The molecular weight excluding hydrogens is 338 g/mol. The first-order valence-electron chi connectivity index (χ1n) is 8.86. The summed E-state index contributed by atoms with van der Waals surface area (Å²) in [4.78, 5) is 12.5. The van der Waals surface area contributed by atoms with Crippen LogP contribution in [-0.4, -0.2) is 25.9 Å². The Kier molecular flexibility index (Phi) is 6.59. The highest BCUT2D eigenvalue weighted by Gasteiger charge is 2.35. The third-order valence-electron chi connectivity index (χ3n) is 4.52. The summed E-state index contributed by atoms with van der Waals surface area (Å²) in [6, 6.07) is 7.11. The zero-order valence-corrected chi connectivity index (χ0v) is 15.9. The number of hydrogen-bond donors (Lipinski definition) is 3. The maximum absolute atomic E-state index is 12.5. The molecule has 6 nitrogen and oxygen atoms in total. The second kappa shape index (κ2) is 8.29. The molecule has 1 aliphatic rings. The van der Waals surface area contributed by atoms with Crippen LogP contribution in [0.1, 0.15) is 57.1 Å². The van der Waals surface area contributed by atoms with Crippen molar-refractivity contribution in [3.63, 3.8) is 0 Å². The molecule has 0 atom stereocenters. The van der Waals surface area contributed by atoms with Crippen LogP contribution in [0.15, 0.2) is 24.3 Å². The molecule has 2 rings (SSSR count). The molecule has 25 heavy (non-hydrogen) atoms. The van der Waals surface area contributed by atoms with Gasteiger partial charge in [0, 0.05) is 12.6 Å². The van der Waals surface area contributed by atoms with Crippen molar-refractivity contribution in [2.24, 2.45) is 5.73 Å². The van der Waals surface area contributed by atoms with Crippen LogP contribution in [0, 0.1) is 0 Å². The molecular formula is C18H29N3O3S. The van der Waals surface area contributed by atoms with Gasteiger partial charge in [0.15, 0.2) is 0 Å². The Morgan fingerprint density at radius 2 is 1.76 bits per heavy atom. The Morgan fingerprint density at radius 1 is 1.16 bits per heavy atom. The van der Waals surface area contributed by atoms with Gasteiger partial charge < -0.3 is 11.1 Å². The van der Waals surface area contributed by atoms with Crippen molar-refractivity contribution in [2.75, 3.05) is 0 Å². The number of carbonyl (C=O) groups excluding carboxylic acids is 1. The summed E-state index contributed by atoms with van der Waals surface area (Å²) in [5, 5.41) is 2.90. The minimum absolute atomic E-state index is 0.106. The van der Waals surface area contributed by atoms with Crippen LogP contribution < -0.4 is 15.8 Å². The van der Waals surface area contributed by atoms with Gasteiger partial charge in [-0.1, -0.05) is 43.5 Å². The fourth-order valence-corrected chi connectivity index (χ4v) is 4.73. The van der Waals surface area contributed by atoms with E-state index in [4.69, 9.17) is 5.73 Å². The van der Waals surface area contributed by atoms with Crippen LogP contribution in [0.25, 0.3) is 0 Å². The lowest BCUT2D eigenvalue weighted by Gasteiger charge is -2.31. The molecule has 4 N–H and O–H groups in total. The summed E-state index contributed by atoms with van der Waals surface area (Å²) in [5.74, 6) is -0.254. The molecule has 0 bridgehead atoms. The van der Waals surface area contributed by atoms with Gasteiger partial charge in [0.25, 0.3) is 0 Å². The van der Waals surface area contributed by atoms with Gasteiger partial charge in [0.2, 0.25) is 15.9 Å². The van der Waals surface area contributed by atoms with E-state index in [1.165, 1.54) is 0 Å². The van der Waals surface area contributed by atoms with E-state index in [0.717, 1.165) is 24.8 Å². The fourth-order valence-electron chi connectivity index (χ4n) is 3.24. The van der Waals surface area contributed by atoms with Crippen molar-refractivity contribution in [3.05, 3.63) is 35.4 Å². The van der Waals surface area contributed by atoms with Crippen LogP contribution in [0.3, 0.4) is 0 Å². The molecule has 7 heteroatoms. The standard InChI is InChI=1S/C18H29N3O3S/c1-14(2)21-25(23,24)13-16-9-5-4-8-15(16)12-20-17(22)18(19)10-6-3-7-11-18/h4-5,8-9,14,21H,3,6-7,10-13,19H2,1-2H3,(H,20,22). The highest BCUT2D eigenvalue weighted by molar-refractivity contribution is 7.88. The Bertz CT molecular complexity index is 695. The number of hydrogen-bond acceptors (Lipinski definition) is 4. The topological polar surface area (TPSA) is 101 Å². The largest absolute Gasteiger partial charge is 0.350 e. The first-order valence-corrected chi connectivity index (χ1v) is 10.5. The molecule has 0 aromatic heterocycles. The molecule has 0 spiro atoms.